The van der Waals surface area contributed by atoms with Crippen LogP contribution in [0.2, 0.25) is 0 Å². The minimum absolute atomic E-state index is 0.0526. The number of nitrogens with one attached hydrogen (secondary N) is 2. The summed E-state index contributed by atoms with van der Waals surface area (Å²) in [4.78, 5) is 65.9. The molecule has 3 saturated heterocycles. The number of hydrogen-bond acceptors (Lipinski definition) is 11. The second-order valence-electron chi connectivity index (χ2n) is 14.6. The predicted octanol–water partition coefficient (Wildman–Crippen LogP) is 0.187. The summed E-state index contributed by atoms with van der Waals surface area (Å²) in [6.45, 7) is 3.87. The summed E-state index contributed by atoms with van der Waals surface area (Å²) in [5, 5.41) is 27.0. The number of unbranched alkanes of at least 4 members (excludes halogenated alkanes) is 10. The van der Waals surface area contributed by atoms with Crippen LogP contribution in [0.1, 0.15) is 109 Å². The van der Waals surface area contributed by atoms with Gasteiger partial charge in [-0.15, -0.1) is 0 Å². The van der Waals surface area contributed by atoms with Crippen LogP contribution in [0.15, 0.2) is 26.8 Å². The molecule has 0 unspecified atom stereocenters. The van der Waals surface area contributed by atoms with E-state index < -0.39 is 53.9 Å². The molecule has 0 bridgehead atoms. The van der Waals surface area contributed by atoms with Crippen molar-refractivity contribution in [2.45, 2.75) is 146 Å². The zero-order valence-electron chi connectivity index (χ0n) is 31.3. The Kier molecular flexibility index (Phi) is 17.2. The number of rotatable bonds is 23. The van der Waals surface area contributed by atoms with E-state index in [0.717, 1.165) is 29.9 Å². The first-order valence-corrected chi connectivity index (χ1v) is 19.7. The van der Waals surface area contributed by atoms with E-state index >= 15 is 0 Å². The summed E-state index contributed by atoms with van der Waals surface area (Å²) in [5.41, 5.74) is 15.4. The number of nitrogens with two attached hydrogens (primary N) is 3. The maximum Gasteiger partial charge on any atom is 0.330 e. The van der Waals surface area contributed by atoms with Crippen molar-refractivity contribution in [3.63, 3.8) is 0 Å². The summed E-state index contributed by atoms with van der Waals surface area (Å²) in [7, 11) is 0. The first-order chi connectivity index (χ1) is 25.6. The van der Waals surface area contributed by atoms with Crippen molar-refractivity contribution in [1.82, 2.24) is 24.8 Å². The average Bonchev–Trinajstić information content (AvgIpc) is 3.63. The van der Waals surface area contributed by atoms with Gasteiger partial charge in [-0.25, -0.2) is 4.79 Å². The van der Waals surface area contributed by atoms with Crippen LogP contribution in [-0.4, -0.2) is 117 Å². The lowest BCUT2D eigenvalue weighted by Crippen LogP contribution is -2.60. The second-order valence-corrected chi connectivity index (χ2v) is 14.6. The van der Waals surface area contributed by atoms with Gasteiger partial charge in [0.05, 0.1) is 18.0 Å². The minimum atomic E-state index is -1.55. The molecule has 300 valence electrons. The number of aliphatic imine (C=N–C) groups is 1. The molecule has 0 aliphatic carbocycles. The van der Waals surface area contributed by atoms with Gasteiger partial charge in [0.25, 0.3) is 5.56 Å². The maximum absolute atomic E-state index is 14.5. The number of likely N-dealkylation sites (tertiary alicyclic amines) is 1. The fourth-order valence-corrected chi connectivity index (χ4v) is 7.79. The van der Waals surface area contributed by atoms with Gasteiger partial charge in [0.1, 0.15) is 24.4 Å². The van der Waals surface area contributed by atoms with Gasteiger partial charge in [-0.05, 0) is 32.2 Å². The summed E-state index contributed by atoms with van der Waals surface area (Å²) in [6.07, 6.45) is 9.62. The minimum Gasteiger partial charge on any atom is -0.387 e. The monoisotopic (exact) mass is 749 g/mol. The first kappa shape index (κ1) is 42.4. The largest absolute Gasteiger partial charge is 0.387 e. The third kappa shape index (κ3) is 11.8. The number of carbonyl (C=O) groups is 2. The Balaban J connectivity index is 1.41. The lowest BCUT2D eigenvalue weighted by atomic mass is 9.81. The van der Waals surface area contributed by atoms with Crippen LogP contribution in [0.4, 0.5) is 0 Å². The molecule has 53 heavy (non-hydrogen) atoms. The number of piperidine rings is 1. The van der Waals surface area contributed by atoms with Crippen LogP contribution >= 0.6 is 0 Å². The fourth-order valence-electron chi connectivity index (χ4n) is 7.79. The molecule has 3 aliphatic heterocycles. The van der Waals surface area contributed by atoms with Crippen molar-refractivity contribution in [1.29, 1.82) is 0 Å². The molecule has 1 aromatic rings. The number of hydrogen-bond donors (Lipinski definition) is 7. The quantitative estimate of drug-likeness (QED) is 0.0450. The molecule has 10 N–H and O–H groups in total. The number of aromatic nitrogens is 2. The third-order valence-electron chi connectivity index (χ3n) is 10.6. The van der Waals surface area contributed by atoms with E-state index in [1.807, 2.05) is 0 Å². The molecule has 3 fully saturated rings. The Labute approximate surface area is 311 Å². The molecule has 0 spiro atoms. The number of nitrogens with zero attached hydrogens (tertiary/aromatic N) is 4. The second kappa shape index (κ2) is 21.5. The van der Waals surface area contributed by atoms with Crippen LogP contribution in [0.25, 0.3) is 0 Å². The fraction of sp³-hybridized carbons (Fsp3) is 0.806. The molecule has 0 aromatic carbocycles. The first-order valence-electron chi connectivity index (χ1n) is 19.7. The number of H-pyrrole nitrogens is 1. The van der Waals surface area contributed by atoms with Crippen molar-refractivity contribution in [2.24, 2.45) is 28.1 Å². The van der Waals surface area contributed by atoms with Crippen LogP contribution in [0, 0.1) is 5.92 Å². The molecule has 8 atom stereocenters. The zero-order valence-corrected chi connectivity index (χ0v) is 31.3. The Morgan fingerprint density at radius 2 is 1.62 bits per heavy atom. The predicted molar refractivity (Wildman–Crippen MR) is 199 cm³/mol. The van der Waals surface area contributed by atoms with Crippen molar-refractivity contribution < 1.29 is 29.4 Å². The smallest absolute Gasteiger partial charge is 0.330 e. The lowest BCUT2D eigenvalue weighted by molar-refractivity contribution is -0.202. The van der Waals surface area contributed by atoms with Crippen LogP contribution in [0.5, 0.6) is 0 Å². The molecule has 0 radical (unpaired) electrons. The van der Waals surface area contributed by atoms with Crippen LogP contribution in [0.3, 0.4) is 0 Å². The van der Waals surface area contributed by atoms with E-state index in [2.05, 4.69) is 22.2 Å². The van der Waals surface area contributed by atoms with Gasteiger partial charge in [0.2, 0.25) is 11.8 Å². The highest BCUT2D eigenvalue weighted by atomic mass is 16.7. The van der Waals surface area contributed by atoms with Gasteiger partial charge in [-0.3, -0.25) is 33.8 Å². The summed E-state index contributed by atoms with van der Waals surface area (Å²) < 4.78 is 7.06. The van der Waals surface area contributed by atoms with E-state index in [-0.39, 0.29) is 30.4 Å². The van der Waals surface area contributed by atoms with Gasteiger partial charge < -0.3 is 42.4 Å². The van der Waals surface area contributed by atoms with Crippen molar-refractivity contribution in [2.75, 3.05) is 32.7 Å². The number of carbonyl (C=O) groups excluding carboxylic acids is 2. The molecular weight excluding hydrogens is 686 g/mol. The van der Waals surface area contributed by atoms with Crippen LogP contribution < -0.4 is 33.8 Å². The van der Waals surface area contributed by atoms with E-state index in [4.69, 9.17) is 26.8 Å². The number of aliphatic hydroxyl groups is 2. The summed E-state index contributed by atoms with van der Waals surface area (Å²) in [5.74, 6) is -1.18. The SMILES string of the molecule is CCCCCCCCCCCCCC(=O)NC[C@@H]1C[C@H]2[C@@H](C(=O)N1CCCN=C(N)N)[C@H]([C@H]1O[C@@H](n3ccc(=O)[nH]c3=O)[C@H](O)[C@@H]1O)ON2CCCN. The van der Waals surface area contributed by atoms with Gasteiger partial charge in [0, 0.05) is 44.9 Å². The molecule has 4 rings (SSSR count). The highest BCUT2D eigenvalue weighted by molar-refractivity contribution is 5.82. The lowest BCUT2D eigenvalue weighted by Gasteiger charge is -2.43. The molecule has 3 aliphatic rings. The molecule has 2 amide bonds. The van der Waals surface area contributed by atoms with E-state index in [0.29, 0.717) is 51.9 Å². The Bertz CT molecular complexity index is 1440. The number of amides is 2. The number of ether oxygens (including phenoxy) is 1. The van der Waals surface area contributed by atoms with Crippen molar-refractivity contribution >= 4 is 17.8 Å². The number of hydroxylamine groups is 2. The molecule has 1 aromatic heterocycles. The summed E-state index contributed by atoms with van der Waals surface area (Å²) in [6, 6.07) is 0.305. The average molecular weight is 750 g/mol. The highest BCUT2D eigenvalue weighted by Gasteiger charge is 2.60. The molecule has 0 saturated carbocycles. The molecule has 17 nitrogen and oxygen atoms in total. The maximum atomic E-state index is 14.5. The number of aliphatic hydroxyl groups excluding tert-OH is 2. The summed E-state index contributed by atoms with van der Waals surface area (Å²) >= 11 is 0. The molecule has 4 heterocycles. The van der Waals surface area contributed by atoms with Crippen LogP contribution in [-0.2, 0) is 19.2 Å². The Morgan fingerprint density at radius 1 is 0.943 bits per heavy atom. The standard InChI is InChI=1S/C36H63N9O8/c1-2-3-4-5-6-7-8-9-10-11-12-15-26(46)41-23-24-22-25-28(33(50)43(24)19-14-18-40-35(38)39)31(53-45(25)20-13-17-37)32-29(48)30(49)34(52-32)44-21-16-27(47)42-36(44)51/h16,21,24-25,28-32,34,48-49H,2-15,17-20,22-23,37H2,1H3,(H,41,46)(H4,38,39,40)(H,42,47,51)/t24-,25-,28+,29-,30+,31+,32-,34+/m0/s1. The topological polar surface area (TPSA) is 257 Å². The van der Waals surface area contributed by atoms with Gasteiger partial charge in [0.15, 0.2) is 12.2 Å². The van der Waals surface area contributed by atoms with Crippen molar-refractivity contribution in [3.8, 4) is 0 Å². The third-order valence-corrected chi connectivity index (χ3v) is 10.6. The van der Waals surface area contributed by atoms with E-state index in [9.17, 15) is 29.4 Å². The van der Waals surface area contributed by atoms with Crippen molar-refractivity contribution in [3.05, 3.63) is 33.1 Å². The highest BCUT2D eigenvalue weighted by Crippen LogP contribution is 2.43. The normalized spacial score (nSPS) is 27.2. The molecular formula is C36H63N9O8. The zero-order chi connectivity index (χ0) is 38.3. The molecule has 17 heteroatoms. The number of aromatic amines is 1. The number of guanidine groups is 1. The number of fused-ring (bicyclic) bond motifs is 1. The van der Waals surface area contributed by atoms with E-state index in [1.54, 1.807) is 9.96 Å². The van der Waals surface area contributed by atoms with Gasteiger partial charge in [-0.1, -0.05) is 71.1 Å². The van der Waals surface area contributed by atoms with Gasteiger partial charge >= 0.3 is 5.69 Å². The van der Waals surface area contributed by atoms with E-state index in [1.165, 1.54) is 57.6 Å². The Hall–Kier alpha value is -3.35. The Morgan fingerprint density at radius 3 is 2.26 bits per heavy atom. The van der Waals surface area contributed by atoms with Gasteiger partial charge in [-0.2, -0.15) is 5.06 Å².